The zero-order valence-corrected chi connectivity index (χ0v) is 16.2. The lowest BCUT2D eigenvalue weighted by Crippen LogP contribution is -2.49. The van der Waals surface area contributed by atoms with Gasteiger partial charge in [0.15, 0.2) is 23.0 Å². The average molecular weight is 398 g/mol. The van der Waals surface area contributed by atoms with E-state index in [0.717, 1.165) is 5.56 Å². The minimum atomic E-state index is -0.679. The number of nitrogens with one attached hydrogen (secondary N) is 2. The summed E-state index contributed by atoms with van der Waals surface area (Å²) < 4.78 is 21.2. The lowest BCUT2D eigenvalue weighted by atomic mass is 10.0. The van der Waals surface area contributed by atoms with Gasteiger partial charge >= 0.3 is 0 Å². The number of benzene rings is 2. The monoisotopic (exact) mass is 398 g/mol. The van der Waals surface area contributed by atoms with Crippen molar-refractivity contribution in [2.75, 3.05) is 13.6 Å². The summed E-state index contributed by atoms with van der Waals surface area (Å²) in [5.74, 6) is 1.77. The van der Waals surface area contributed by atoms with Gasteiger partial charge in [-0.05, 0) is 41.8 Å². The third kappa shape index (κ3) is 4.06. The van der Waals surface area contributed by atoms with Crippen molar-refractivity contribution in [2.45, 2.75) is 26.4 Å². The largest absolute Gasteiger partial charge is 0.454 e. The van der Waals surface area contributed by atoms with Gasteiger partial charge in [-0.25, -0.2) is 0 Å². The van der Waals surface area contributed by atoms with Crippen molar-refractivity contribution in [3.05, 3.63) is 47.5 Å². The van der Waals surface area contributed by atoms with Gasteiger partial charge in [0.1, 0.15) is 6.04 Å². The second-order valence-electron chi connectivity index (χ2n) is 7.17. The summed E-state index contributed by atoms with van der Waals surface area (Å²) in [5.41, 5.74) is 1.29. The third-order valence-corrected chi connectivity index (χ3v) is 4.77. The predicted molar refractivity (Wildman–Crippen MR) is 103 cm³/mol. The number of rotatable bonds is 6. The smallest absolute Gasteiger partial charge is 0.252 e. The van der Waals surface area contributed by atoms with Gasteiger partial charge in [-0.15, -0.1) is 0 Å². The number of fused-ring (bicyclic) bond motifs is 2. The zero-order chi connectivity index (χ0) is 20.4. The Hall–Kier alpha value is -3.42. The molecule has 152 valence electrons. The Labute approximate surface area is 168 Å². The van der Waals surface area contributed by atoms with Crippen molar-refractivity contribution in [3.63, 3.8) is 0 Å². The predicted octanol–water partition coefficient (Wildman–Crippen LogP) is 2.21. The minimum Gasteiger partial charge on any atom is -0.454 e. The molecule has 0 saturated carbocycles. The molecule has 2 heterocycles. The highest BCUT2D eigenvalue weighted by molar-refractivity contribution is 5.98. The SMILES string of the molecule is CC(C)[C@H](NC(=O)c1ccc2c(c1)OCO2)C(=O)NCc1ccc2c(c1)OCO2. The van der Waals surface area contributed by atoms with Crippen molar-refractivity contribution in [2.24, 2.45) is 5.92 Å². The molecule has 0 unspecified atom stereocenters. The molecule has 1 atom stereocenters. The molecule has 0 aliphatic carbocycles. The van der Waals surface area contributed by atoms with Gasteiger partial charge in [0, 0.05) is 12.1 Å². The number of amides is 2. The van der Waals surface area contributed by atoms with E-state index in [1.807, 2.05) is 32.0 Å². The highest BCUT2D eigenvalue weighted by Crippen LogP contribution is 2.33. The third-order valence-electron chi connectivity index (χ3n) is 4.77. The van der Waals surface area contributed by atoms with Gasteiger partial charge in [-0.1, -0.05) is 19.9 Å². The number of carbonyl (C=O) groups is 2. The van der Waals surface area contributed by atoms with E-state index in [2.05, 4.69) is 10.6 Å². The zero-order valence-electron chi connectivity index (χ0n) is 16.2. The molecule has 4 rings (SSSR count). The molecule has 2 aromatic rings. The summed E-state index contributed by atoms with van der Waals surface area (Å²) in [6.45, 7) is 4.41. The Bertz CT molecular complexity index is 943. The maximum atomic E-state index is 12.7. The highest BCUT2D eigenvalue weighted by atomic mass is 16.7. The first-order valence-corrected chi connectivity index (χ1v) is 9.38. The standard InChI is InChI=1S/C21H22N2O6/c1-12(2)19(23-20(24)14-4-6-16-18(8-14)29-11-27-16)21(25)22-9-13-3-5-15-17(7-13)28-10-26-15/h3-8,12,19H,9-11H2,1-2H3,(H,22,25)(H,23,24)/t19-/m0/s1. The van der Waals surface area contributed by atoms with Crippen LogP contribution in [0.3, 0.4) is 0 Å². The van der Waals surface area contributed by atoms with E-state index >= 15 is 0 Å². The number of ether oxygens (including phenoxy) is 4. The maximum Gasteiger partial charge on any atom is 0.252 e. The van der Waals surface area contributed by atoms with Crippen molar-refractivity contribution >= 4 is 11.8 Å². The molecule has 0 saturated heterocycles. The quantitative estimate of drug-likeness (QED) is 0.775. The molecular formula is C21H22N2O6. The van der Waals surface area contributed by atoms with Crippen molar-refractivity contribution in [1.82, 2.24) is 10.6 Å². The molecule has 2 N–H and O–H groups in total. The van der Waals surface area contributed by atoms with Gasteiger partial charge in [0.2, 0.25) is 19.5 Å². The molecule has 0 bridgehead atoms. The molecule has 0 aromatic heterocycles. The first-order chi connectivity index (χ1) is 14.0. The fourth-order valence-electron chi connectivity index (χ4n) is 3.15. The van der Waals surface area contributed by atoms with E-state index in [9.17, 15) is 9.59 Å². The van der Waals surface area contributed by atoms with Crippen LogP contribution in [0.15, 0.2) is 36.4 Å². The van der Waals surface area contributed by atoms with E-state index in [1.54, 1.807) is 18.2 Å². The summed E-state index contributed by atoms with van der Waals surface area (Å²) in [6, 6.07) is 9.76. The lowest BCUT2D eigenvalue weighted by molar-refractivity contribution is -0.124. The Morgan fingerprint density at radius 3 is 2.21 bits per heavy atom. The maximum absolute atomic E-state index is 12.7. The van der Waals surface area contributed by atoms with Gasteiger partial charge < -0.3 is 29.6 Å². The molecule has 8 heteroatoms. The Balaban J connectivity index is 1.39. The molecule has 2 aromatic carbocycles. The fraction of sp³-hybridized carbons (Fsp3) is 0.333. The second kappa shape index (κ2) is 7.90. The molecule has 2 amide bonds. The second-order valence-corrected chi connectivity index (χ2v) is 7.17. The Morgan fingerprint density at radius 1 is 0.897 bits per heavy atom. The molecule has 2 aliphatic heterocycles. The van der Waals surface area contributed by atoms with Crippen molar-refractivity contribution in [1.29, 1.82) is 0 Å². The normalized spacial score (nSPS) is 14.6. The lowest BCUT2D eigenvalue weighted by Gasteiger charge is -2.22. The van der Waals surface area contributed by atoms with E-state index in [-0.39, 0.29) is 31.3 Å². The highest BCUT2D eigenvalue weighted by Gasteiger charge is 2.25. The van der Waals surface area contributed by atoms with Gasteiger partial charge in [-0.3, -0.25) is 9.59 Å². The van der Waals surface area contributed by atoms with E-state index in [0.29, 0.717) is 35.1 Å². The average Bonchev–Trinajstić information content (AvgIpc) is 3.37. The fourth-order valence-corrected chi connectivity index (χ4v) is 3.15. The van der Waals surface area contributed by atoms with Crippen LogP contribution in [0.25, 0.3) is 0 Å². The molecule has 0 radical (unpaired) electrons. The Morgan fingerprint density at radius 2 is 1.52 bits per heavy atom. The minimum absolute atomic E-state index is 0.0929. The van der Waals surface area contributed by atoms with E-state index < -0.39 is 6.04 Å². The van der Waals surface area contributed by atoms with Crippen LogP contribution in [0, 0.1) is 5.92 Å². The summed E-state index contributed by atoms with van der Waals surface area (Å²) in [5, 5.41) is 5.68. The number of hydrogen-bond acceptors (Lipinski definition) is 6. The van der Waals surface area contributed by atoms with Crippen LogP contribution < -0.4 is 29.6 Å². The number of carbonyl (C=O) groups excluding carboxylic acids is 2. The summed E-state index contributed by atoms with van der Waals surface area (Å²) in [6.07, 6.45) is 0. The Kier molecular flexibility index (Phi) is 5.16. The van der Waals surface area contributed by atoms with E-state index in [1.165, 1.54) is 0 Å². The van der Waals surface area contributed by atoms with Gasteiger partial charge in [-0.2, -0.15) is 0 Å². The van der Waals surface area contributed by atoms with Crippen LogP contribution in [0.1, 0.15) is 29.8 Å². The van der Waals surface area contributed by atoms with Crippen LogP contribution in [0.5, 0.6) is 23.0 Å². The van der Waals surface area contributed by atoms with Crippen LogP contribution in [-0.4, -0.2) is 31.4 Å². The first kappa shape index (κ1) is 18.9. The van der Waals surface area contributed by atoms with Crippen LogP contribution in [0.4, 0.5) is 0 Å². The van der Waals surface area contributed by atoms with Crippen LogP contribution >= 0.6 is 0 Å². The molecule has 2 aliphatic rings. The van der Waals surface area contributed by atoms with Crippen molar-refractivity contribution < 1.29 is 28.5 Å². The summed E-state index contributed by atoms with van der Waals surface area (Å²) in [7, 11) is 0. The summed E-state index contributed by atoms with van der Waals surface area (Å²) >= 11 is 0. The van der Waals surface area contributed by atoms with Gasteiger partial charge in [0.05, 0.1) is 0 Å². The van der Waals surface area contributed by atoms with Crippen molar-refractivity contribution in [3.8, 4) is 23.0 Å². The molecule has 29 heavy (non-hydrogen) atoms. The van der Waals surface area contributed by atoms with Crippen LogP contribution in [0.2, 0.25) is 0 Å². The van der Waals surface area contributed by atoms with E-state index in [4.69, 9.17) is 18.9 Å². The summed E-state index contributed by atoms with van der Waals surface area (Å²) in [4.78, 5) is 25.4. The molecule has 8 nitrogen and oxygen atoms in total. The topological polar surface area (TPSA) is 95.1 Å². The van der Waals surface area contributed by atoms with Crippen LogP contribution in [-0.2, 0) is 11.3 Å². The number of hydrogen-bond donors (Lipinski definition) is 2. The molecule has 0 fully saturated rings. The molecule has 0 spiro atoms. The first-order valence-electron chi connectivity index (χ1n) is 9.38. The molecular weight excluding hydrogens is 376 g/mol. The van der Waals surface area contributed by atoms with Gasteiger partial charge in [0.25, 0.3) is 5.91 Å².